The highest BCUT2D eigenvalue weighted by molar-refractivity contribution is 7.88. The molecule has 3 aromatic rings. The lowest BCUT2D eigenvalue weighted by Gasteiger charge is -2.64. The topological polar surface area (TPSA) is 99.1 Å². The van der Waals surface area contributed by atoms with Crippen LogP contribution >= 0.6 is 0 Å². The molecule has 2 fully saturated rings. The highest BCUT2D eigenvalue weighted by Crippen LogP contribution is 2.65. The van der Waals surface area contributed by atoms with Gasteiger partial charge in [-0.05, 0) is 79.3 Å². The van der Waals surface area contributed by atoms with E-state index < -0.39 is 33.2 Å². The maximum atomic E-state index is 13.7. The lowest BCUT2D eigenvalue weighted by molar-refractivity contribution is -0.189. The molecule has 43 heavy (non-hydrogen) atoms. The Hall–Kier alpha value is -2.91. The van der Waals surface area contributed by atoms with Gasteiger partial charge in [0.2, 0.25) is 10.0 Å². The van der Waals surface area contributed by atoms with Crippen molar-refractivity contribution in [3.05, 3.63) is 94.5 Å². The van der Waals surface area contributed by atoms with E-state index in [0.29, 0.717) is 37.4 Å². The number of phenolic OH excluding ortho intramolecular Hbond substituents is 1. The Morgan fingerprint density at radius 3 is 2.53 bits per heavy atom. The molecule has 2 heterocycles. The molecule has 0 unspecified atom stereocenters. The first kappa shape index (κ1) is 28.8. The Labute approximate surface area is 254 Å². The van der Waals surface area contributed by atoms with Crippen molar-refractivity contribution in [3.8, 4) is 11.5 Å². The lowest BCUT2D eigenvalue weighted by atomic mass is 9.48. The number of ether oxygens (including phenoxy) is 1. The van der Waals surface area contributed by atoms with Crippen molar-refractivity contribution in [2.24, 2.45) is 5.92 Å². The molecule has 0 amide bonds. The van der Waals surface area contributed by atoms with Crippen LogP contribution in [0.3, 0.4) is 0 Å². The second-order valence-corrected chi connectivity index (χ2v) is 15.3. The summed E-state index contributed by atoms with van der Waals surface area (Å²) in [4.78, 5) is 2.43. The molecule has 2 aliphatic carbocycles. The van der Waals surface area contributed by atoms with Gasteiger partial charge in [-0.1, -0.05) is 74.5 Å². The van der Waals surface area contributed by atoms with Gasteiger partial charge in [-0.25, -0.2) is 13.1 Å². The van der Waals surface area contributed by atoms with E-state index in [1.165, 1.54) is 5.56 Å². The zero-order chi connectivity index (χ0) is 30.0. The molecule has 8 heteroatoms. The Morgan fingerprint density at radius 1 is 1.02 bits per heavy atom. The number of hydrogen-bond donors (Lipinski definition) is 3. The van der Waals surface area contributed by atoms with E-state index in [-0.39, 0.29) is 17.5 Å². The van der Waals surface area contributed by atoms with Crippen LogP contribution in [-0.4, -0.2) is 60.4 Å². The van der Waals surface area contributed by atoms with Crippen molar-refractivity contribution < 1.29 is 23.4 Å². The maximum absolute atomic E-state index is 13.7. The molecule has 2 aliphatic heterocycles. The number of rotatable bonds is 9. The minimum absolute atomic E-state index is 0.0547. The second-order valence-electron chi connectivity index (χ2n) is 13.5. The fourth-order valence-corrected chi connectivity index (χ4v) is 10.2. The third-order valence-electron chi connectivity index (χ3n) is 10.5. The Kier molecular flexibility index (Phi) is 7.12. The van der Waals surface area contributed by atoms with E-state index in [0.717, 1.165) is 48.2 Å². The number of sulfonamides is 1. The Morgan fingerprint density at radius 2 is 1.77 bits per heavy atom. The molecule has 1 saturated carbocycles. The SMILES string of the molecule is CC(C)Cc1ccccc1CS(=O)(=O)N[C@@H]1CC[C@@]2(O)[C@H]3Cc4ccc(O)c5c4[C@@]2(CCN3CCc2ccccc2)[C@H]1O5. The van der Waals surface area contributed by atoms with Crippen molar-refractivity contribution in [1.29, 1.82) is 0 Å². The number of nitrogens with zero attached hydrogens (tertiary/aromatic N) is 1. The average molecular weight is 603 g/mol. The highest BCUT2D eigenvalue weighted by atomic mass is 32.2. The van der Waals surface area contributed by atoms with Crippen molar-refractivity contribution in [2.75, 3.05) is 13.1 Å². The highest BCUT2D eigenvalue weighted by Gasteiger charge is 2.73. The normalized spacial score (nSPS) is 29.3. The number of piperidine rings is 1. The first-order valence-electron chi connectivity index (χ1n) is 15.7. The van der Waals surface area contributed by atoms with Gasteiger partial charge in [0.05, 0.1) is 22.8 Å². The van der Waals surface area contributed by atoms with E-state index >= 15 is 0 Å². The van der Waals surface area contributed by atoms with Gasteiger partial charge in [0.25, 0.3) is 0 Å². The van der Waals surface area contributed by atoms with E-state index in [9.17, 15) is 18.6 Å². The van der Waals surface area contributed by atoms with E-state index in [1.54, 1.807) is 6.07 Å². The smallest absolute Gasteiger partial charge is 0.216 e. The lowest BCUT2D eigenvalue weighted by Crippen LogP contribution is -2.78. The minimum Gasteiger partial charge on any atom is -0.504 e. The maximum Gasteiger partial charge on any atom is 0.216 e. The molecular weight excluding hydrogens is 560 g/mol. The number of aliphatic hydroxyl groups is 1. The minimum atomic E-state index is -3.72. The van der Waals surface area contributed by atoms with Gasteiger partial charge in [-0.15, -0.1) is 0 Å². The first-order chi connectivity index (χ1) is 20.6. The standard InChI is InChI=1S/C35H42N2O5S/c1-23(2)20-25-10-6-7-11-27(25)22-43(40,41)36-28-14-16-35(39)30-21-26-12-13-29(38)32-31(26)34(35,33(28)42-32)17-19-37(30)18-15-24-8-4-3-5-9-24/h3-13,23,28,30,33,36,38-39H,14-22H2,1-2H3/t28-,30-,33+,34+,35-/m1/s1. The third-order valence-corrected chi connectivity index (χ3v) is 11.9. The van der Waals surface area contributed by atoms with Gasteiger partial charge < -0.3 is 14.9 Å². The van der Waals surface area contributed by atoms with Gasteiger partial charge >= 0.3 is 0 Å². The number of benzene rings is 3. The third kappa shape index (κ3) is 4.69. The van der Waals surface area contributed by atoms with Gasteiger partial charge in [-0.2, -0.15) is 0 Å². The summed E-state index contributed by atoms with van der Waals surface area (Å²) in [6.07, 6.45) is 3.35. The Bertz CT molecular complexity index is 1630. The monoisotopic (exact) mass is 602 g/mol. The molecule has 7 nitrogen and oxygen atoms in total. The average Bonchev–Trinajstić information content (AvgIpc) is 3.33. The molecular formula is C35H42N2O5S. The summed E-state index contributed by atoms with van der Waals surface area (Å²) >= 11 is 0. The van der Waals surface area contributed by atoms with Crippen molar-refractivity contribution >= 4 is 10.0 Å². The molecule has 3 aromatic carbocycles. The molecule has 0 radical (unpaired) electrons. The van der Waals surface area contributed by atoms with Crippen LogP contribution in [0.15, 0.2) is 66.7 Å². The van der Waals surface area contributed by atoms with E-state index in [1.807, 2.05) is 36.4 Å². The summed E-state index contributed by atoms with van der Waals surface area (Å²) in [7, 11) is -3.72. The molecule has 3 N–H and O–H groups in total. The molecule has 1 spiro atoms. The van der Waals surface area contributed by atoms with Gasteiger partial charge in [0.15, 0.2) is 11.5 Å². The zero-order valence-electron chi connectivity index (χ0n) is 25.0. The van der Waals surface area contributed by atoms with Crippen molar-refractivity contribution in [2.45, 2.75) is 87.3 Å². The second kappa shape index (κ2) is 10.6. The van der Waals surface area contributed by atoms with Gasteiger partial charge in [-0.3, -0.25) is 4.90 Å². The molecule has 7 rings (SSSR count). The van der Waals surface area contributed by atoms with Crippen LogP contribution in [0.25, 0.3) is 0 Å². The molecule has 2 bridgehead atoms. The number of likely N-dealkylation sites (tertiary alicyclic amines) is 1. The summed E-state index contributed by atoms with van der Waals surface area (Å²) in [6, 6.07) is 21.2. The molecule has 0 aromatic heterocycles. The van der Waals surface area contributed by atoms with Crippen LogP contribution in [0.5, 0.6) is 11.5 Å². The number of nitrogens with one attached hydrogen (secondary N) is 1. The molecule has 228 valence electrons. The fourth-order valence-electron chi connectivity index (χ4n) is 8.75. The van der Waals surface area contributed by atoms with Crippen LogP contribution in [-0.2, 0) is 40.5 Å². The van der Waals surface area contributed by atoms with Crippen LogP contribution in [0.4, 0.5) is 0 Å². The molecule has 5 atom stereocenters. The largest absolute Gasteiger partial charge is 0.504 e. The summed E-state index contributed by atoms with van der Waals surface area (Å²) in [6.45, 7) is 5.88. The number of phenols is 1. The van der Waals surface area contributed by atoms with Crippen molar-refractivity contribution in [3.63, 3.8) is 0 Å². The molecule has 4 aliphatic rings. The zero-order valence-corrected chi connectivity index (χ0v) is 25.8. The summed E-state index contributed by atoms with van der Waals surface area (Å²) < 4.78 is 37.1. The number of aromatic hydroxyl groups is 1. The van der Waals surface area contributed by atoms with Crippen LogP contribution < -0.4 is 9.46 Å². The van der Waals surface area contributed by atoms with E-state index in [2.05, 4.69) is 47.7 Å². The van der Waals surface area contributed by atoms with Crippen LogP contribution in [0, 0.1) is 5.92 Å². The summed E-state index contributed by atoms with van der Waals surface area (Å²) in [5.41, 5.74) is 3.23. The quantitative estimate of drug-likeness (QED) is 0.334. The van der Waals surface area contributed by atoms with Crippen molar-refractivity contribution in [1.82, 2.24) is 9.62 Å². The molecule has 1 saturated heterocycles. The first-order valence-corrected chi connectivity index (χ1v) is 17.4. The predicted octanol–water partition coefficient (Wildman–Crippen LogP) is 4.48. The summed E-state index contributed by atoms with van der Waals surface area (Å²) in [5, 5.41) is 23.7. The van der Waals surface area contributed by atoms with Gasteiger partial charge in [0.1, 0.15) is 6.10 Å². The number of hydrogen-bond acceptors (Lipinski definition) is 6. The van der Waals surface area contributed by atoms with E-state index in [4.69, 9.17) is 4.74 Å². The van der Waals surface area contributed by atoms with Crippen LogP contribution in [0.2, 0.25) is 0 Å². The predicted molar refractivity (Wildman–Crippen MR) is 167 cm³/mol. The van der Waals surface area contributed by atoms with Crippen LogP contribution in [0.1, 0.15) is 60.9 Å². The fraction of sp³-hybridized carbons (Fsp3) is 0.486. The summed E-state index contributed by atoms with van der Waals surface area (Å²) in [5.74, 6) is 0.789. The van der Waals surface area contributed by atoms with Gasteiger partial charge in [0, 0.05) is 18.2 Å². The Balaban J connectivity index is 1.20.